The lowest BCUT2D eigenvalue weighted by Crippen LogP contribution is -2.12. The zero-order valence-corrected chi connectivity index (χ0v) is 7.94. The minimum atomic E-state index is -0.653. The largest absolute Gasteiger partial charge is 0.458 e. The Morgan fingerprint density at radius 2 is 2.20 bits per heavy atom. The number of hydrogen-bond acceptors (Lipinski definition) is 4. The minimum absolute atomic E-state index is 0.0135. The van der Waals surface area contributed by atoms with Gasteiger partial charge >= 0.3 is 5.97 Å². The summed E-state index contributed by atoms with van der Waals surface area (Å²) in [6.45, 7) is -0.0135. The van der Waals surface area contributed by atoms with E-state index in [2.05, 4.69) is 0 Å². The first-order valence-corrected chi connectivity index (χ1v) is 4.22. The number of carbonyl (C=O) groups excluding carboxylic acids is 1. The molecule has 0 unspecified atom stereocenters. The van der Waals surface area contributed by atoms with E-state index < -0.39 is 5.97 Å². The average Bonchev–Trinajstić information content (AvgIpc) is 2.14. The van der Waals surface area contributed by atoms with Gasteiger partial charge in [-0.2, -0.15) is 0 Å². The van der Waals surface area contributed by atoms with E-state index >= 15 is 0 Å². The van der Waals surface area contributed by atoms with E-state index in [-0.39, 0.29) is 18.2 Å². The van der Waals surface area contributed by atoms with E-state index in [4.69, 9.17) is 16.2 Å². The molecular formula is C10H11FN2O2. The third kappa shape index (κ3) is 4.12. The number of benzene rings is 1. The Morgan fingerprint density at radius 3 is 2.80 bits per heavy atom. The molecule has 0 saturated carbocycles. The fourth-order valence-electron chi connectivity index (χ4n) is 0.959. The van der Waals surface area contributed by atoms with Gasteiger partial charge in [0.25, 0.3) is 0 Å². The third-order valence-electron chi connectivity index (χ3n) is 1.55. The summed E-state index contributed by atoms with van der Waals surface area (Å²) in [4.78, 5) is 11.0. The molecule has 0 saturated heterocycles. The number of ether oxygens (including phenoxy) is 1. The second kappa shape index (κ2) is 4.99. The van der Waals surface area contributed by atoms with Gasteiger partial charge in [-0.15, -0.1) is 0 Å². The van der Waals surface area contributed by atoms with Crippen molar-refractivity contribution < 1.29 is 13.9 Å². The van der Waals surface area contributed by atoms with Gasteiger partial charge in [0.05, 0.1) is 6.08 Å². The monoisotopic (exact) mass is 210 g/mol. The van der Waals surface area contributed by atoms with Crippen LogP contribution in [0.5, 0.6) is 0 Å². The molecule has 80 valence electrons. The van der Waals surface area contributed by atoms with Crippen LogP contribution in [-0.4, -0.2) is 5.97 Å². The number of hydrogen-bond donors (Lipinski definition) is 2. The highest BCUT2D eigenvalue weighted by molar-refractivity contribution is 5.82. The number of rotatable bonds is 3. The molecule has 0 aliphatic carbocycles. The highest BCUT2D eigenvalue weighted by atomic mass is 19.1. The van der Waals surface area contributed by atoms with Gasteiger partial charge in [-0.1, -0.05) is 12.1 Å². The van der Waals surface area contributed by atoms with E-state index in [1.165, 1.54) is 18.2 Å². The Hall–Kier alpha value is -2.04. The van der Waals surface area contributed by atoms with Gasteiger partial charge in [0.2, 0.25) is 0 Å². The summed E-state index contributed by atoms with van der Waals surface area (Å²) in [5.41, 5.74) is 10.7. The molecule has 0 aliphatic rings. The molecule has 4 nitrogen and oxygen atoms in total. The minimum Gasteiger partial charge on any atom is -0.458 e. The second-order valence-corrected chi connectivity index (χ2v) is 2.88. The summed E-state index contributed by atoms with van der Waals surface area (Å²) >= 11 is 0. The fraction of sp³-hybridized carbons (Fsp3) is 0.100. The summed E-state index contributed by atoms with van der Waals surface area (Å²) < 4.78 is 17.5. The quantitative estimate of drug-likeness (QED) is 0.566. The zero-order valence-electron chi connectivity index (χ0n) is 7.94. The first kappa shape index (κ1) is 11.0. The summed E-state index contributed by atoms with van der Waals surface area (Å²) in [5.74, 6) is -1.16. The predicted octanol–water partition coefficient (Wildman–Crippen LogP) is 0.628. The van der Waals surface area contributed by atoms with E-state index in [1.54, 1.807) is 6.07 Å². The van der Waals surface area contributed by atoms with Crippen molar-refractivity contribution in [1.82, 2.24) is 0 Å². The molecule has 0 aliphatic heterocycles. The molecule has 1 rings (SSSR count). The topological polar surface area (TPSA) is 78.3 Å². The van der Waals surface area contributed by atoms with Crippen molar-refractivity contribution in [2.24, 2.45) is 11.5 Å². The molecule has 0 fully saturated rings. The van der Waals surface area contributed by atoms with Gasteiger partial charge < -0.3 is 16.2 Å². The summed E-state index contributed by atoms with van der Waals surface area (Å²) in [7, 11) is 0. The van der Waals surface area contributed by atoms with Gasteiger partial charge in [-0.25, -0.2) is 9.18 Å². The Morgan fingerprint density at radius 1 is 1.47 bits per heavy atom. The van der Waals surface area contributed by atoms with E-state index in [1.807, 2.05) is 0 Å². The van der Waals surface area contributed by atoms with Crippen LogP contribution in [0.15, 0.2) is 36.2 Å². The van der Waals surface area contributed by atoms with Crippen LogP contribution in [0, 0.1) is 5.82 Å². The Bertz CT molecular complexity index is 387. The molecule has 4 N–H and O–H groups in total. The van der Waals surface area contributed by atoms with Gasteiger partial charge in [0.15, 0.2) is 0 Å². The van der Waals surface area contributed by atoms with Crippen molar-refractivity contribution in [3.63, 3.8) is 0 Å². The molecule has 0 atom stereocenters. The molecule has 0 radical (unpaired) electrons. The number of halogens is 1. The maximum absolute atomic E-state index is 12.7. The van der Waals surface area contributed by atoms with Gasteiger partial charge in [0.1, 0.15) is 18.2 Å². The molecule has 1 aromatic rings. The lowest BCUT2D eigenvalue weighted by Gasteiger charge is -2.02. The molecule has 0 aromatic heterocycles. The van der Waals surface area contributed by atoms with Crippen LogP contribution in [0.3, 0.4) is 0 Å². The molecule has 0 bridgehead atoms. The summed E-state index contributed by atoms with van der Waals surface area (Å²) in [6, 6.07) is 5.77. The maximum Gasteiger partial charge on any atom is 0.334 e. The number of esters is 1. The Kier molecular flexibility index (Phi) is 3.68. The van der Waals surface area contributed by atoms with Crippen molar-refractivity contribution >= 4 is 5.97 Å². The van der Waals surface area contributed by atoms with Crippen LogP contribution in [0.4, 0.5) is 4.39 Å². The summed E-state index contributed by atoms with van der Waals surface area (Å²) in [6.07, 6.45) is 0.958. The van der Waals surface area contributed by atoms with Crippen molar-refractivity contribution in [1.29, 1.82) is 0 Å². The highest BCUT2D eigenvalue weighted by Crippen LogP contribution is 2.04. The van der Waals surface area contributed by atoms with E-state index in [0.29, 0.717) is 5.56 Å². The molecule has 5 heteroatoms. The molecular weight excluding hydrogens is 199 g/mol. The van der Waals surface area contributed by atoms with Crippen LogP contribution >= 0.6 is 0 Å². The average molecular weight is 210 g/mol. The smallest absolute Gasteiger partial charge is 0.334 e. The molecule has 0 spiro atoms. The van der Waals surface area contributed by atoms with Crippen LogP contribution in [0.2, 0.25) is 0 Å². The Balaban J connectivity index is 2.51. The molecule has 0 amide bonds. The first-order valence-electron chi connectivity index (χ1n) is 4.22. The van der Waals surface area contributed by atoms with Crippen molar-refractivity contribution in [2.45, 2.75) is 6.61 Å². The zero-order chi connectivity index (χ0) is 11.3. The normalized spacial score (nSPS) is 9.40. The van der Waals surface area contributed by atoms with Gasteiger partial charge in [-0.3, -0.25) is 0 Å². The standard InChI is InChI=1S/C10H11FN2O2/c11-8-3-1-2-7(4-8)6-15-10(14)5-9(12)13/h1-5H,6,12-13H2. The third-order valence-corrected chi connectivity index (χ3v) is 1.55. The SMILES string of the molecule is NC(N)=CC(=O)OCc1cccc(F)c1. The van der Waals surface area contributed by atoms with Crippen LogP contribution in [0.25, 0.3) is 0 Å². The van der Waals surface area contributed by atoms with Gasteiger partial charge in [0, 0.05) is 0 Å². The van der Waals surface area contributed by atoms with Crippen LogP contribution < -0.4 is 11.5 Å². The molecule has 1 aromatic carbocycles. The van der Waals surface area contributed by atoms with Crippen molar-refractivity contribution in [3.8, 4) is 0 Å². The maximum atomic E-state index is 12.7. The lowest BCUT2D eigenvalue weighted by molar-refractivity contribution is -0.139. The van der Waals surface area contributed by atoms with Crippen molar-refractivity contribution in [2.75, 3.05) is 0 Å². The number of nitrogens with two attached hydrogens (primary N) is 2. The van der Waals surface area contributed by atoms with Crippen molar-refractivity contribution in [3.05, 3.63) is 47.5 Å². The summed E-state index contributed by atoms with van der Waals surface area (Å²) in [5, 5.41) is 0. The molecule has 15 heavy (non-hydrogen) atoms. The Labute approximate surface area is 86.3 Å². The van der Waals surface area contributed by atoms with Crippen LogP contribution in [-0.2, 0) is 16.1 Å². The predicted molar refractivity (Wildman–Crippen MR) is 52.7 cm³/mol. The van der Waals surface area contributed by atoms with Crippen LogP contribution in [0.1, 0.15) is 5.56 Å². The second-order valence-electron chi connectivity index (χ2n) is 2.88. The highest BCUT2D eigenvalue weighted by Gasteiger charge is 2.00. The fourth-order valence-corrected chi connectivity index (χ4v) is 0.959. The van der Waals surface area contributed by atoms with Gasteiger partial charge in [-0.05, 0) is 17.7 Å². The number of carbonyl (C=O) groups is 1. The van der Waals surface area contributed by atoms with E-state index in [0.717, 1.165) is 6.08 Å². The lowest BCUT2D eigenvalue weighted by atomic mass is 10.2. The molecule has 0 heterocycles. The first-order chi connectivity index (χ1) is 7.08. The van der Waals surface area contributed by atoms with E-state index in [9.17, 15) is 9.18 Å².